The maximum atomic E-state index is 13.2. The first kappa shape index (κ1) is 21.5. The van der Waals surface area contributed by atoms with Crippen LogP contribution in [0.2, 0.25) is 5.02 Å². The second-order valence-corrected chi connectivity index (χ2v) is 6.06. The molecule has 0 atom stereocenters. The normalized spacial score (nSPS) is 10.3. The molecular formula is C20H21ClFNO5. The van der Waals surface area contributed by atoms with Gasteiger partial charge in [0.25, 0.3) is 5.91 Å². The molecule has 1 amide bonds. The minimum Gasteiger partial charge on any atom is -0.490 e. The first-order valence-corrected chi connectivity index (χ1v) is 9.09. The summed E-state index contributed by atoms with van der Waals surface area (Å²) in [4.78, 5) is 23.9. The quantitative estimate of drug-likeness (QED) is 0.633. The molecule has 0 aromatic heterocycles. The van der Waals surface area contributed by atoms with Gasteiger partial charge in [0.05, 0.1) is 30.3 Å². The fraction of sp³-hybridized carbons (Fsp3) is 0.300. The summed E-state index contributed by atoms with van der Waals surface area (Å²) in [5.41, 5.74) is 0.765. The number of anilines is 1. The fourth-order valence-corrected chi connectivity index (χ4v) is 2.51. The molecule has 28 heavy (non-hydrogen) atoms. The van der Waals surface area contributed by atoms with Crippen LogP contribution in [-0.2, 0) is 20.7 Å². The molecule has 2 aromatic carbocycles. The second kappa shape index (κ2) is 10.5. The number of ether oxygens (including phenoxy) is 3. The summed E-state index contributed by atoms with van der Waals surface area (Å²) in [6.07, 6.45) is -0.0412. The summed E-state index contributed by atoms with van der Waals surface area (Å²) < 4.78 is 29.2. The highest BCUT2D eigenvalue weighted by Gasteiger charge is 2.13. The monoisotopic (exact) mass is 409 g/mol. The predicted molar refractivity (Wildman–Crippen MR) is 103 cm³/mol. The molecule has 0 saturated carbocycles. The van der Waals surface area contributed by atoms with Crippen molar-refractivity contribution in [3.8, 4) is 11.5 Å². The van der Waals surface area contributed by atoms with E-state index in [2.05, 4.69) is 5.32 Å². The third kappa shape index (κ3) is 6.42. The number of rotatable bonds is 9. The van der Waals surface area contributed by atoms with Crippen molar-refractivity contribution in [1.29, 1.82) is 0 Å². The Bertz CT molecular complexity index is 843. The van der Waals surface area contributed by atoms with E-state index in [0.29, 0.717) is 30.3 Å². The van der Waals surface area contributed by atoms with Crippen molar-refractivity contribution in [3.05, 3.63) is 52.8 Å². The van der Waals surface area contributed by atoms with Gasteiger partial charge >= 0.3 is 5.97 Å². The molecule has 0 aliphatic heterocycles. The molecular weight excluding hydrogens is 389 g/mol. The zero-order valence-electron chi connectivity index (χ0n) is 15.6. The van der Waals surface area contributed by atoms with E-state index in [1.54, 1.807) is 18.2 Å². The van der Waals surface area contributed by atoms with Crippen LogP contribution >= 0.6 is 11.6 Å². The number of nitrogens with one attached hydrogen (secondary N) is 1. The van der Waals surface area contributed by atoms with E-state index < -0.39 is 24.3 Å². The van der Waals surface area contributed by atoms with Crippen molar-refractivity contribution in [3.63, 3.8) is 0 Å². The van der Waals surface area contributed by atoms with E-state index in [1.165, 1.54) is 12.1 Å². The molecule has 0 spiro atoms. The number of carbonyl (C=O) groups excluding carboxylic acids is 2. The minimum atomic E-state index is -0.623. The van der Waals surface area contributed by atoms with E-state index in [0.717, 1.165) is 6.07 Å². The van der Waals surface area contributed by atoms with Crippen molar-refractivity contribution in [2.24, 2.45) is 0 Å². The molecule has 0 bridgehead atoms. The second-order valence-electron chi connectivity index (χ2n) is 5.66. The number of hydrogen-bond acceptors (Lipinski definition) is 5. The summed E-state index contributed by atoms with van der Waals surface area (Å²) in [6.45, 7) is 4.15. The highest BCUT2D eigenvalue weighted by atomic mass is 35.5. The van der Waals surface area contributed by atoms with Crippen LogP contribution < -0.4 is 14.8 Å². The van der Waals surface area contributed by atoms with Gasteiger partial charge in [-0.1, -0.05) is 17.7 Å². The Morgan fingerprint density at radius 2 is 1.75 bits per heavy atom. The minimum absolute atomic E-state index is 0.0412. The smallest absolute Gasteiger partial charge is 0.310 e. The fourth-order valence-electron chi connectivity index (χ4n) is 2.35. The van der Waals surface area contributed by atoms with Crippen molar-refractivity contribution in [2.45, 2.75) is 20.3 Å². The lowest BCUT2D eigenvalue weighted by molar-refractivity contribution is -0.146. The van der Waals surface area contributed by atoms with E-state index in [9.17, 15) is 14.0 Å². The summed E-state index contributed by atoms with van der Waals surface area (Å²) in [7, 11) is 0. The van der Waals surface area contributed by atoms with E-state index in [-0.39, 0.29) is 17.1 Å². The van der Waals surface area contributed by atoms with Crippen LogP contribution in [0.4, 0.5) is 10.1 Å². The van der Waals surface area contributed by atoms with Gasteiger partial charge < -0.3 is 19.5 Å². The summed E-state index contributed by atoms with van der Waals surface area (Å²) in [5.74, 6) is -0.632. The molecule has 6 nitrogen and oxygen atoms in total. The van der Waals surface area contributed by atoms with Crippen molar-refractivity contribution >= 4 is 29.2 Å². The van der Waals surface area contributed by atoms with Gasteiger partial charge in [-0.2, -0.15) is 0 Å². The lowest BCUT2D eigenvalue weighted by atomic mass is 10.1. The van der Waals surface area contributed by atoms with Gasteiger partial charge in [0.2, 0.25) is 0 Å². The Hall–Kier alpha value is -2.80. The van der Waals surface area contributed by atoms with E-state index >= 15 is 0 Å². The summed E-state index contributed by atoms with van der Waals surface area (Å²) in [6, 6.07) is 8.71. The number of esters is 1. The Morgan fingerprint density at radius 1 is 1.04 bits per heavy atom. The van der Waals surface area contributed by atoms with Crippen LogP contribution in [0.1, 0.15) is 19.4 Å². The maximum absolute atomic E-state index is 13.2. The first-order chi connectivity index (χ1) is 13.4. The molecule has 0 aliphatic carbocycles. The standard InChI is InChI=1S/C20H21ClFNO5/c1-3-26-17-8-5-13(9-18(17)27-4-2)10-20(25)28-12-19(24)23-16-11-14(22)6-7-15(16)21/h5-9,11H,3-4,10,12H2,1-2H3,(H,23,24). The molecule has 8 heteroatoms. The zero-order chi connectivity index (χ0) is 20.5. The van der Waals surface area contributed by atoms with Gasteiger partial charge in [0.1, 0.15) is 5.82 Å². The highest BCUT2D eigenvalue weighted by molar-refractivity contribution is 6.33. The molecule has 0 radical (unpaired) electrons. The number of benzene rings is 2. The van der Waals surface area contributed by atoms with Crippen molar-refractivity contribution in [1.82, 2.24) is 0 Å². The van der Waals surface area contributed by atoms with Crippen molar-refractivity contribution < 1.29 is 28.2 Å². The molecule has 150 valence electrons. The molecule has 2 rings (SSSR count). The van der Waals surface area contributed by atoms with Crippen LogP contribution in [-0.4, -0.2) is 31.7 Å². The van der Waals surface area contributed by atoms with E-state index in [4.69, 9.17) is 25.8 Å². The SMILES string of the molecule is CCOc1ccc(CC(=O)OCC(=O)Nc2cc(F)ccc2Cl)cc1OCC. The van der Waals surface area contributed by atoms with Gasteiger partial charge in [-0.25, -0.2) is 4.39 Å². The lowest BCUT2D eigenvalue weighted by Gasteiger charge is -2.12. The third-order valence-corrected chi connectivity index (χ3v) is 3.85. The number of hydrogen-bond donors (Lipinski definition) is 1. The topological polar surface area (TPSA) is 73.9 Å². The van der Waals surface area contributed by atoms with Gasteiger partial charge in [-0.15, -0.1) is 0 Å². The molecule has 0 saturated heterocycles. The third-order valence-electron chi connectivity index (χ3n) is 3.52. The van der Waals surface area contributed by atoms with Crippen molar-refractivity contribution in [2.75, 3.05) is 25.1 Å². The number of carbonyl (C=O) groups is 2. The number of amides is 1. The molecule has 0 fully saturated rings. The summed E-state index contributed by atoms with van der Waals surface area (Å²) >= 11 is 5.87. The lowest BCUT2D eigenvalue weighted by Crippen LogP contribution is -2.21. The van der Waals surface area contributed by atoms with Gasteiger partial charge in [-0.3, -0.25) is 9.59 Å². The molecule has 0 aliphatic rings. The van der Waals surface area contributed by atoms with Crippen LogP contribution in [0, 0.1) is 5.82 Å². The molecule has 2 aromatic rings. The molecule has 1 N–H and O–H groups in total. The van der Waals surface area contributed by atoms with Gasteiger partial charge in [0, 0.05) is 0 Å². The maximum Gasteiger partial charge on any atom is 0.310 e. The number of halogens is 2. The van der Waals surface area contributed by atoms with E-state index in [1.807, 2.05) is 13.8 Å². The first-order valence-electron chi connectivity index (χ1n) is 8.72. The average molecular weight is 410 g/mol. The molecule has 0 unspecified atom stereocenters. The Morgan fingerprint density at radius 3 is 2.46 bits per heavy atom. The Balaban J connectivity index is 1.90. The van der Waals surface area contributed by atoms with Crippen LogP contribution in [0.25, 0.3) is 0 Å². The average Bonchev–Trinajstić information content (AvgIpc) is 2.65. The predicted octanol–water partition coefficient (Wildman–Crippen LogP) is 4.00. The van der Waals surface area contributed by atoms with Gasteiger partial charge in [-0.05, 0) is 49.7 Å². The van der Waals surface area contributed by atoms with Crippen LogP contribution in [0.5, 0.6) is 11.5 Å². The van der Waals surface area contributed by atoms with Crippen LogP contribution in [0.3, 0.4) is 0 Å². The molecule has 0 heterocycles. The Kier molecular flexibility index (Phi) is 8.07. The Labute approximate surface area is 167 Å². The van der Waals surface area contributed by atoms with Gasteiger partial charge in [0.15, 0.2) is 18.1 Å². The summed E-state index contributed by atoms with van der Waals surface area (Å²) in [5, 5.41) is 2.57. The highest BCUT2D eigenvalue weighted by Crippen LogP contribution is 2.28. The zero-order valence-corrected chi connectivity index (χ0v) is 16.3. The van der Waals surface area contributed by atoms with Crippen LogP contribution in [0.15, 0.2) is 36.4 Å². The largest absolute Gasteiger partial charge is 0.490 e.